The SMILES string of the molecule is CCCS(=O)(=O)ON1CC1.[H-].[Na+]. The van der Waals surface area contributed by atoms with Crippen molar-refractivity contribution in [2.75, 3.05) is 18.8 Å². The predicted molar refractivity (Wildman–Crippen MR) is 37.8 cm³/mol. The van der Waals surface area contributed by atoms with Crippen LogP contribution in [0.3, 0.4) is 0 Å². The summed E-state index contributed by atoms with van der Waals surface area (Å²) in [6.45, 7) is 3.29. The van der Waals surface area contributed by atoms with Gasteiger partial charge in [0, 0.05) is 13.1 Å². The van der Waals surface area contributed by atoms with Crippen molar-refractivity contribution >= 4 is 10.1 Å². The maximum Gasteiger partial charge on any atom is 1.00 e. The van der Waals surface area contributed by atoms with Gasteiger partial charge in [-0.2, -0.15) is 17.8 Å². The fraction of sp³-hybridized carbons (Fsp3) is 1.00. The molecule has 0 amide bonds. The Morgan fingerprint density at radius 1 is 1.55 bits per heavy atom. The summed E-state index contributed by atoms with van der Waals surface area (Å²) in [5, 5.41) is 1.42. The molecule has 0 aromatic rings. The molecule has 62 valence electrons. The topological polar surface area (TPSA) is 46.4 Å². The summed E-state index contributed by atoms with van der Waals surface area (Å²) in [6.07, 6.45) is 0.607. The number of nitrogens with zero attached hydrogens (tertiary/aromatic N) is 1. The van der Waals surface area contributed by atoms with Crippen LogP contribution in [0.15, 0.2) is 0 Å². The predicted octanol–water partition coefficient (Wildman–Crippen LogP) is -2.91. The van der Waals surface area contributed by atoms with E-state index in [0.29, 0.717) is 6.42 Å². The molecule has 0 N–H and O–H groups in total. The van der Waals surface area contributed by atoms with E-state index in [2.05, 4.69) is 4.28 Å². The third-order valence-corrected chi connectivity index (χ3v) is 2.43. The van der Waals surface area contributed by atoms with Crippen LogP contribution in [-0.2, 0) is 14.4 Å². The Balaban J connectivity index is 0. The first-order chi connectivity index (χ1) is 4.64. The number of hydrogen-bond donors (Lipinski definition) is 0. The number of hydrogen-bond acceptors (Lipinski definition) is 4. The van der Waals surface area contributed by atoms with E-state index < -0.39 is 10.1 Å². The molecule has 11 heavy (non-hydrogen) atoms. The average molecular weight is 189 g/mol. The van der Waals surface area contributed by atoms with Crippen LogP contribution in [0.1, 0.15) is 14.8 Å². The zero-order valence-electron chi connectivity index (χ0n) is 7.91. The smallest absolute Gasteiger partial charge is 1.00 e. The van der Waals surface area contributed by atoms with Crippen molar-refractivity contribution in [2.24, 2.45) is 0 Å². The second kappa shape index (κ2) is 4.79. The summed E-state index contributed by atoms with van der Waals surface area (Å²) >= 11 is 0. The molecule has 1 aliphatic rings. The molecule has 0 unspecified atom stereocenters. The zero-order chi connectivity index (χ0) is 7.61. The molecule has 0 atom stereocenters. The number of hydroxylamine groups is 2. The Hall–Kier alpha value is 0.870. The molecule has 1 rings (SSSR count). The van der Waals surface area contributed by atoms with Gasteiger partial charge in [0.15, 0.2) is 0 Å². The summed E-state index contributed by atoms with van der Waals surface area (Å²) in [5.74, 6) is 0.115. The molecule has 0 radical (unpaired) electrons. The van der Waals surface area contributed by atoms with Crippen LogP contribution < -0.4 is 29.6 Å². The Kier molecular flexibility index (Phi) is 5.17. The Labute approximate surface area is 90.8 Å². The molecule has 0 spiro atoms. The van der Waals surface area contributed by atoms with Crippen molar-refractivity contribution in [1.29, 1.82) is 0 Å². The number of rotatable bonds is 4. The molecule has 0 saturated carbocycles. The van der Waals surface area contributed by atoms with E-state index in [0.717, 1.165) is 13.1 Å². The first-order valence-electron chi connectivity index (χ1n) is 3.31. The van der Waals surface area contributed by atoms with Gasteiger partial charge in [0.1, 0.15) is 0 Å². The fourth-order valence-corrected chi connectivity index (χ4v) is 1.61. The van der Waals surface area contributed by atoms with E-state index in [1.165, 1.54) is 5.06 Å². The van der Waals surface area contributed by atoms with Gasteiger partial charge in [0.05, 0.1) is 5.75 Å². The van der Waals surface area contributed by atoms with E-state index in [-0.39, 0.29) is 36.7 Å². The summed E-state index contributed by atoms with van der Waals surface area (Å²) in [5.41, 5.74) is 0. The molecule has 0 aliphatic carbocycles. The minimum Gasteiger partial charge on any atom is -1.00 e. The molecule has 1 saturated heterocycles. The molecule has 1 heterocycles. The molecule has 0 aromatic carbocycles. The van der Waals surface area contributed by atoms with Crippen LogP contribution in [0.5, 0.6) is 0 Å². The quantitative estimate of drug-likeness (QED) is 0.351. The third kappa shape index (κ3) is 5.16. The average Bonchev–Trinajstić information content (AvgIpc) is 2.48. The first kappa shape index (κ1) is 11.9. The first-order valence-corrected chi connectivity index (χ1v) is 4.89. The van der Waals surface area contributed by atoms with Crippen LogP contribution in [0, 0.1) is 0 Å². The maximum absolute atomic E-state index is 10.8. The normalized spacial score (nSPS) is 17.5. The van der Waals surface area contributed by atoms with Gasteiger partial charge in [-0.05, 0) is 6.42 Å². The van der Waals surface area contributed by atoms with Crippen molar-refractivity contribution in [3.63, 3.8) is 0 Å². The standard InChI is InChI=1S/C5H11NO3S.Na.H/c1-2-5-10(7,8)9-6-3-4-6;;/h2-5H2,1H3;;/q;+1;-1. The molecule has 0 aromatic heterocycles. The van der Waals surface area contributed by atoms with Crippen LogP contribution in [0.2, 0.25) is 0 Å². The van der Waals surface area contributed by atoms with Crippen molar-refractivity contribution in [3.8, 4) is 0 Å². The second-order valence-corrected chi connectivity index (χ2v) is 3.94. The molecule has 6 heteroatoms. The van der Waals surface area contributed by atoms with Gasteiger partial charge < -0.3 is 1.43 Å². The Morgan fingerprint density at radius 3 is 2.45 bits per heavy atom. The van der Waals surface area contributed by atoms with E-state index >= 15 is 0 Å². The van der Waals surface area contributed by atoms with E-state index in [1.54, 1.807) is 0 Å². The van der Waals surface area contributed by atoms with E-state index in [4.69, 9.17) is 0 Å². The van der Waals surface area contributed by atoms with Crippen molar-refractivity contribution < 1.29 is 43.7 Å². The summed E-state index contributed by atoms with van der Waals surface area (Å²) in [7, 11) is -3.24. The maximum atomic E-state index is 10.8. The molecule has 1 fully saturated rings. The van der Waals surface area contributed by atoms with E-state index in [1.807, 2.05) is 6.92 Å². The van der Waals surface area contributed by atoms with Crippen molar-refractivity contribution in [2.45, 2.75) is 13.3 Å². The molecule has 4 nitrogen and oxygen atoms in total. The monoisotopic (exact) mass is 189 g/mol. The largest absolute Gasteiger partial charge is 1.00 e. The second-order valence-electron chi connectivity index (χ2n) is 2.27. The third-order valence-electron chi connectivity index (χ3n) is 1.08. The van der Waals surface area contributed by atoms with Gasteiger partial charge in [-0.25, -0.2) is 0 Å². The van der Waals surface area contributed by atoms with Crippen molar-refractivity contribution in [3.05, 3.63) is 0 Å². The van der Waals surface area contributed by atoms with Gasteiger partial charge in [-0.1, -0.05) is 6.92 Å². The van der Waals surface area contributed by atoms with Crippen LogP contribution in [0.4, 0.5) is 0 Å². The molecular weight excluding hydrogens is 177 g/mol. The molecular formula is C5H12NNaO3S. The minimum atomic E-state index is -3.24. The van der Waals surface area contributed by atoms with E-state index in [9.17, 15) is 8.42 Å². The minimum absolute atomic E-state index is 0. The summed E-state index contributed by atoms with van der Waals surface area (Å²) in [4.78, 5) is 0. The van der Waals surface area contributed by atoms with Crippen LogP contribution in [0.25, 0.3) is 0 Å². The van der Waals surface area contributed by atoms with Gasteiger partial charge in [0.2, 0.25) is 0 Å². The summed E-state index contributed by atoms with van der Waals surface area (Å²) in [6, 6.07) is 0. The molecule has 0 bridgehead atoms. The van der Waals surface area contributed by atoms with Gasteiger partial charge in [0.25, 0.3) is 10.1 Å². The van der Waals surface area contributed by atoms with Crippen LogP contribution >= 0.6 is 0 Å². The Bertz CT molecular complexity index is 205. The van der Waals surface area contributed by atoms with Crippen molar-refractivity contribution in [1.82, 2.24) is 5.06 Å². The van der Waals surface area contributed by atoms with Gasteiger partial charge in [-0.15, -0.1) is 0 Å². The zero-order valence-corrected chi connectivity index (χ0v) is 9.73. The Morgan fingerprint density at radius 2 is 2.09 bits per heavy atom. The van der Waals surface area contributed by atoms with Crippen LogP contribution in [-0.4, -0.2) is 32.3 Å². The summed E-state index contributed by atoms with van der Waals surface area (Å²) < 4.78 is 26.2. The molecule has 1 aliphatic heterocycles. The fourth-order valence-electron chi connectivity index (χ4n) is 0.563. The van der Waals surface area contributed by atoms with Gasteiger partial charge >= 0.3 is 29.6 Å². The van der Waals surface area contributed by atoms with Gasteiger partial charge in [-0.3, -0.25) is 0 Å².